The molecule has 1 aliphatic heterocycles. The molecular formula is C23H17NO3. The normalized spacial score (nSPS) is 24.1. The van der Waals surface area contributed by atoms with Crippen LogP contribution in [0.15, 0.2) is 70.9 Å². The van der Waals surface area contributed by atoms with E-state index in [1.54, 1.807) is 24.3 Å². The molecule has 0 aromatic heterocycles. The van der Waals surface area contributed by atoms with Gasteiger partial charge in [-0.15, -0.1) is 0 Å². The van der Waals surface area contributed by atoms with E-state index in [1.165, 1.54) is 0 Å². The number of hydrogen-bond acceptors (Lipinski definition) is 4. The van der Waals surface area contributed by atoms with E-state index in [-0.39, 0.29) is 23.0 Å². The Morgan fingerprint density at radius 1 is 0.741 bits per heavy atom. The smallest absolute Gasteiger partial charge is 0.212 e. The second kappa shape index (κ2) is 5.95. The summed E-state index contributed by atoms with van der Waals surface area (Å²) in [5.41, 5.74) is 3.06. The molecule has 4 nitrogen and oxygen atoms in total. The van der Waals surface area contributed by atoms with Crippen molar-refractivity contribution in [3.05, 3.63) is 82.6 Å². The quantitative estimate of drug-likeness (QED) is 0.779. The summed E-state index contributed by atoms with van der Waals surface area (Å²) in [6, 6.07) is 16.4. The van der Waals surface area contributed by atoms with E-state index in [2.05, 4.69) is 4.99 Å². The Kier molecular flexibility index (Phi) is 3.54. The number of allylic oxidation sites excluding steroid dienone is 2. The molecule has 2 atom stereocenters. The van der Waals surface area contributed by atoms with Gasteiger partial charge in [0.15, 0.2) is 5.78 Å². The van der Waals surface area contributed by atoms with Gasteiger partial charge in [-0.1, -0.05) is 54.6 Å². The molecule has 0 radical (unpaired) electrons. The predicted molar refractivity (Wildman–Crippen MR) is 101 cm³/mol. The molecule has 1 fully saturated rings. The average molecular weight is 355 g/mol. The Morgan fingerprint density at radius 2 is 1.41 bits per heavy atom. The first-order valence-corrected chi connectivity index (χ1v) is 9.24. The summed E-state index contributed by atoms with van der Waals surface area (Å²) < 4.78 is 0. The van der Waals surface area contributed by atoms with Gasteiger partial charge in [0, 0.05) is 34.8 Å². The predicted octanol–water partition coefficient (Wildman–Crippen LogP) is 3.93. The SMILES string of the molecule is O=C1C2=C(C(=O)c3ccccc31)C(c1ccccc1)C1C(=O)CCCC1=N2. The summed E-state index contributed by atoms with van der Waals surface area (Å²) in [6.07, 6.45) is 1.94. The van der Waals surface area contributed by atoms with Crippen molar-refractivity contribution in [2.75, 3.05) is 0 Å². The topological polar surface area (TPSA) is 63.6 Å². The molecule has 132 valence electrons. The van der Waals surface area contributed by atoms with Crippen LogP contribution in [0.25, 0.3) is 0 Å². The Hall–Kier alpha value is -3.14. The fourth-order valence-electron chi connectivity index (χ4n) is 4.56. The maximum Gasteiger partial charge on any atom is 0.212 e. The number of benzene rings is 2. The monoisotopic (exact) mass is 355 g/mol. The van der Waals surface area contributed by atoms with E-state index < -0.39 is 11.8 Å². The van der Waals surface area contributed by atoms with Crippen LogP contribution < -0.4 is 0 Å². The Labute approximate surface area is 156 Å². The van der Waals surface area contributed by atoms with Crippen LogP contribution in [-0.4, -0.2) is 23.1 Å². The molecule has 0 saturated heterocycles. The molecule has 4 heteroatoms. The van der Waals surface area contributed by atoms with E-state index in [4.69, 9.17) is 0 Å². The minimum absolute atomic E-state index is 0.111. The van der Waals surface area contributed by atoms with Crippen LogP contribution in [0.1, 0.15) is 51.5 Å². The molecule has 0 bridgehead atoms. The van der Waals surface area contributed by atoms with E-state index >= 15 is 0 Å². The molecule has 5 rings (SSSR count). The van der Waals surface area contributed by atoms with Crippen molar-refractivity contribution in [3.63, 3.8) is 0 Å². The molecule has 1 heterocycles. The van der Waals surface area contributed by atoms with Gasteiger partial charge in [-0.25, -0.2) is 0 Å². The fourth-order valence-corrected chi connectivity index (χ4v) is 4.56. The Bertz CT molecular complexity index is 1060. The summed E-state index contributed by atoms with van der Waals surface area (Å²) in [5, 5.41) is 0. The van der Waals surface area contributed by atoms with Crippen molar-refractivity contribution in [2.45, 2.75) is 25.2 Å². The largest absolute Gasteiger partial charge is 0.299 e. The third-order valence-corrected chi connectivity index (χ3v) is 5.75. The number of hydrogen-bond donors (Lipinski definition) is 0. The third kappa shape index (κ3) is 2.29. The molecule has 2 unspecified atom stereocenters. The molecule has 2 aromatic carbocycles. The lowest BCUT2D eigenvalue weighted by molar-refractivity contribution is -0.121. The van der Waals surface area contributed by atoms with Crippen LogP contribution in [0.5, 0.6) is 0 Å². The van der Waals surface area contributed by atoms with Crippen molar-refractivity contribution >= 4 is 23.1 Å². The molecule has 3 aliphatic rings. The lowest BCUT2D eigenvalue weighted by Crippen LogP contribution is -2.41. The van der Waals surface area contributed by atoms with Crippen molar-refractivity contribution in [1.29, 1.82) is 0 Å². The Morgan fingerprint density at radius 3 is 2.15 bits per heavy atom. The minimum Gasteiger partial charge on any atom is -0.299 e. The highest BCUT2D eigenvalue weighted by Crippen LogP contribution is 2.46. The van der Waals surface area contributed by atoms with Crippen molar-refractivity contribution in [2.24, 2.45) is 10.9 Å². The van der Waals surface area contributed by atoms with Gasteiger partial charge in [-0.05, 0) is 18.4 Å². The number of ketones is 3. The number of nitrogens with zero attached hydrogens (tertiary/aromatic N) is 1. The summed E-state index contributed by atoms with van der Waals surface area (Å²) in [5.74, 6) is -1.17. The maximum atomic E-state index is 13.4. The molecule has 2 aliphatic carbocycles. The highest BCUT2D eigenvalue weighted by atomic mass is 16.1. The first-order chi connectivity index (χ1) is 13.2. The molecule has 2 aromatic rings. The van der Waals surface area contributed by atoms with Crippen molar-refractivity contribution in [3.8, 4) is 0 Å². The molecule has 0 amide bonds. The first kappa shape index (κ1) is 16.1. The molecule has 0 spiro atoms. The van der Waals surface area contributed by atoms with E-state index in [0.717, 1.165) is 17.7 Å². The summed E-state index contributed by atoms with van der Waals surface area (Å²) in [4.78, 5) is 43.9. The fraction of sp³-hybridized carbons (Fsp3) is 0.217. The summed E-state index contributed by atoms with van der Waals surface area (Å²) >= 11 is 0. The van der Waals surface area contributed by atoms with Gasteiger partial charge in [0.1, 0.15) is 11.5 Å². The van der Waals surface area contributed by atoms with Crippen LogP contribution in [0.4, 0.5) is 0 Å². The van der Waals surface area contributed by atoms with Gasteiger partial charge >= 0.3 is 0 Å². The number of carbonyl (C=O) groups excluding carboxylic acids is 3. The van der Waals surface area contributed by atoms with Crippen LogP contribution in [0, 0.1) is 5.92 Å². The van der Waals surface area contributed by atoms with E-state index in [9.17, 15) is 14.4 Å². The molecular weight excluding hydrogens is 338 g/mol. The number of Topliss-reactive ketones (excluding diaryl/α,β-unsaturated/α-hetero) is 3. The lowest BCUT2D eigenvalue weighted by Gasteiger charge is -2.37. The van der Waals surface area contributed by atoms with Crippen molar-refractivity contribution in [1.82, 2.24) is 0 Å². The average Bonchev–Trinajstić information content (AvgIpc) is 2.71. The first-order valence-electron chi connectivity index (χ1n) is 9.24. The molecule has 1 saturated carbocycles. The van der Waals surface area contributed by atoms with Gasteiger partial charge in [0.25, 0.3) is 0 Å². The van der Waals surface area contributed by atoms with Crippen molar-refractivity contribution < 1.29 is 14.4 Å². The highest BCUT2D eigenvalue weighted by Gasteiger charge is 2.47. The standard InChI is InChI=1S/C23H17NO3/c25-17-12-6-11-16-19(17)18(13-7-2-1-3-8-13)20-21(24-16)23(27)15-10-5-4-9-14(15)22(20)26/h1-5,7-10,18-19H,6,11-12H2. The zero-order valence-corrected chi connectivity index (χ0v) is 14.6. The van der Waals surface area contributed by atoms with E-state index in [0.29, 0.717) is 29.5 Å². The number of carbonyl (C=O) groups is 3. The zero-order chi connectivity index (χ0) is 18.5. The van der Waals surface area contributed by atoms with Crippen LogP contribution in [-0.2, 0) is 4.79 Å². The minimum atomic E-state index is -0.443. The summed E-state index contributed by atoms with van der Waals surface area (Å²) in [7, 11) is 0. The highest BCUT2D eigenvalue weighted by molar-refractivity contribution is 6.29. The van der Waals surface area contributed by atoms with E-state index in [1.807, 2.05) is 30.3 Å². The molecule has 27 heavy (non-hydrogen) atoms. The number of fused-ring (bicyclic) bond motifs is 2. The summed E-state index contributed by atoms with van der Waals surface area (Å²) in [6.45, 7) is 0. The number of rotatable bonds is 1. The van der Waals surface area contributed by atoms with Gasteiger partial charge < -0.3 is 0 Å². The van der Waals surface area contributed by atoms with Crippen LogP contribution in [0.2, 0.25) is 0 Å². The van der Waals surface area contributed by atoms with Crippen LogP contribution in [0.3, 0.4) is 0 Å². The zero-order valence-electron chi connectivity index (χ0n) is 14.6. The third-order valence-electron chi connectivity index (χ3n) is 5.75. The maximum absolute atomic E-state index is 13.4. The molecule has 0 N–H and O–H groups in total. The van der Waals surface area contributed by atoms with Gasteiger partial charge in [-0.3, -0.25) is 19.4 Å². The Balaban J connectivity index is 1.78. The number of aliphatic imine (C=N–C) groups is 1. The lowest BCUT2D eigenvalue weighted by atomic mass is 9.66. The second-order valence-electron chi connectivity index (χ2n) is 7.26. The van der Waals surface area contributed by atoms with Gasteiger partial charge in [-0.2, -0.15) is 0 Å². The second-order valence-corrected chi connectivity index (χ2v) is 7.26. The van der Waals surface area contributed by atoms with Gasteiger partial charge in [0.2, 0.25) is 5.78 Å². The van der Waals surface area contributed by atoms with Crippen LogP contribution >= 0.6 is 0 Å². The van der Waals surface area contributed by atoms with Gasteiger partial charge in [0.05, 0.1) is 5.92 Å².